The van der Waals surface area contributed by atoms with Crippen LogP contribution in [0.2, 0.25) is 0 Å². The Morgan fingerprint density at radius 2 is 1.50 bits per heavy atom. The van der Waals surface area contributed by atoms with Crippen LogP contribution in [0.15, 0.2) is 66.7 Å². The lowest BCUT2D eigenvalue weighted by Gasteiger charge is -2.31. The van der Waals surface area contributed by atoms with E-state index in [1.807, 2.05) is 68.4 Å². The van der Waals surface area contributed by atoms with Gasteiger partial charge < -0.3 is 34.9 Å². The Labute approximate surface area is 263 Å². The third-order valence-electron chi connectivity index (χ3n) is 7.01. The fourth-order valence-electron chi connectivity index (χ4n) is 4.81. The highest BCUT2D eigenvalue weighted by atomic mass is 16.6. The van der Waals surface area contributed by atoms with Crippen LogP contribution in [-0.2, 0) is 27.3 Å². The number of benzene rings is 3. The minimum Gasteiger partial charge on any atom is -0.497 e. The molecule has 0 bridgehead atoms. The first-order valence-corrected chi connectivity index (χ1v) is 15.6. The molecular weight excluding hydrogens is 554 g/mol. The number of aryl methyl sites for hydroxylation is 2. The molecule has 8 heteroatoms. The highest BCUT2D eigenvalue weighted by Gasteiger charge is 2.18. The van der Waals surface area contributed by atoms with Crippen LogP contribution in [-0.4, -0.2) is 50.3 Å². The van der Waals surface area contributed by atoms with Crippen LogP contribution in [0.3, 0.4) is 0 Å². The van der Waals surface area contributed by atoms with Crippen molar-refractivity contribution in [2.75, 3.05) is 42.3 Å². The molecule has 0 aliphatic heterocycles. The summed E-state index contributed by atoms with van der Waals surface area (Å²) in [6, 6.07) is 21.7. The van der Waals surface area contributed by atoms with Gasteiger partial charge in [0.05, 0.1) is 31.2 Å². The van der Waals surface area contributed by atoms with E-state index in [2.05, 4.69) is 55.4 Å². The Balaban J connectivity index is 1.62. The van der Waals surface area contributed by atoms with E-state index in [1.165, 1.54) is 0 Å². The van der Waals surface area contributed by atoms with E-state index in [4.69, 9.17) is 14.2 Å². The molecule has 8 nitrogen and oxygen atoms in total. The van der Waals surface area contributed by atoms with Gasteiger partial charge in [0.1, 0.15) is 12.4 Å². The summed E-state index contributed by atoms with van der Waals surface area (Å²) in [6.07, 6.45) is -0.469. The molecule has 3 aromatic rings. The number of aliphatic hydroxyl groups is 1. The number of carbonyl (C=O) groups excluding carboxylic acids is 1. The summed E-state index contributed by atoms with van der Waals surface area (Å²) in [5.74, 6) is 1.46. The fourth-order valence-corrected chi connectivity index (χ4v) is 4.81. The standard InChI is InChI=1S/C36H51N3O5/c1-25(2)21-39(22-26(3)4)34-18-12-29(20-33(34)38-36(41)37-31-14-8-27(5)9-15-31)13-19-35(40)44-23-28(6)43-24-30-10-16-32(42-7)17-11-30/h8-12,14-18,20,25-26,28,36-38,41H,13,19,21-24H2,1-7H3/t28-,36?/m0/s1. The smallest absolute Gasteiger partial charge is 0.306 e. The molecule has 0 radical (unpaired) electrons. The maximum atomic E-state index is 12.6. The van der Waals surface area contributed by atoms with Crippen LogP contribution in [0.4, 0.5) is 17.1 Å². The van der Waals surface area contributed by atoms with Crippen molar-refractivity contribution in [2.24, 2.45) is 11.8 Å². The Hall–Kier alpha value is -3.75. The molecule has 0 amide bonds. The van der Waals surface area contributed by atoms with Crippen molar-refractivity contribution in [3.63, 3.8) is 0 Å². The van der Waals surface area contributed by atoms with Gasteiger partial charge in [0, 0.05) is 25.2 Å². The summed E-state index contributed by atoms with van der Waals surface area (Å²) in [5.41, 5.74) is 5.81. The second kappa shape index (κ2) is 17.5. The second-order valence-corrected chi connectivity index (χ2v) is 12.3. The van der Waals surface area contributed by atoms with Gasteiger partial charge in [0.25, 0.3) is 0 Å². The minimum absolute atomic E-state index is 0.191. The van der Waals surface area contributed by atoms with E-state index >= 15 is 0 Å². The lowest BCUT2D eigenvalue weighted by molar-refractivity contribution is -0.147. The molecule has 0 aliphatic carbocycles. The van der Waals surface area contributed by atoms with Gasteiger partial charge in [-0.3, -0.25) is 4.79 Å². The first kappa shape index (κ1) is 34.7. The molecule has 3 rings (SSSR count). The average Bonchev–Trinajstić information content (AvgIpc) is 2.98. The van der Waals surface area contributed by atoms with E-state index in [0.717, 1.165) is 52.6 Å². The van der Waals surface area contributed by atoms with Crippen LogP contribution in [0.25, 0.3) is 0 Å². The zero-order valence-corrected chi connectivity index (χ0v) is 27.4. The molecule has 0 aliphatic rings. The number of nitrogens with one attached hydrogen (secondary N) is 2. The molecule has 44 heavy (non-hydrogen) atoms. The predicted octanol–water partition coefficient (Wildman–Crippen LogP) is 7.00. The number of hydrogen-bond acceptors (Lipinski definition) is 8. The number of ether oxygens (including phenoxy) is 3. The summed E-state index contributed by atoms with van der Waals surface area (Å²) in [4.78, 5) is 15.0. The zero-order chi connectivity index (χ0) is 32.1. The molecule has 2 atom stereocenters. The maximum absolute atomic E-state index is 12.6. The van der Waals surface area contributed by atoms with Crippen molar-refractivity contribution >= 4 is 23.0 Å². The number of hydrogen-bond donors (Lipinski definition) is 3. The zero-order valence-electron chi connectivity index (χ0n) is 27.4. The Morgan fingerprint density at radius 1 is 0.864 bits per heavy atom. The molecule has 0 heterocycles. The Morgan fingerprint density at radius 3 is 2.11 bits per heavy atom. The van der Waals surface area contributed by atoms with Crippen LogP contribution < -0.4 is 20.3 Å². The first-order valence-electron chi connectivity index (χ1n) is 15.6. The maximum Gasteiger partial charge on any atom is 0.306 e. The van der Waals surface area contributed by atoms with Crippen molar-refractivity contribution in [3.8, 4) is 5.75 Å². The van der Waals surface area contributed by atoms with Gasteiger partial charge in [-0.2, -0.15) is 0 Å². The van der Waals surface area contributed by atoms with Crippen LogP contribution >= 0.6 is 0 Å². The minimum atomic E-state index is -1.00. The molecule has 240 valence electrons. The Kier molecular flexibility index (Phi) is 13.8. The van der Waals surface area contributed by atoms with E-state index < -0.39 is 6.35 Å². The number of aliphatic hydroxyl groups excluding tert-OH is 1. The fraction of sp³-hybridized carbons (Fsp3) is 0.472. The van der Waals surface area contributed by atoms with Gasteiger partial charge in [-0.05, 0) is 79.6 Å². The molecule has 0 spiro atoms. The lowest BCUT2D eigenvalue weighted by Crippen LogP contribution is -2.34. The highest BCUT2D eigenvalue weighted by Crippen LogP contribution is 2.30. The van der Waals surface area contributed by atoms with E-state index in [-0.39, 0.29) is 25.1 Å². The monoisotopic (exact) mass is 605 g/mol. The quantitative estimate of drug-likeness (QED) is 0.105. The number of carbonyl (C=O) groups is 1. The number of esters is 1. The van der Waals surface area contributed by atoms with Crippen molar-refractivity contribution in [2.45, 2.75) is 73.4 Å². The van der Waals surface area contributed by atoms with Crippen molar-refractivity contribution in [1.82, 2.24) is 0 Å². The molecule has 0 fully saturated rings. The van der Waals surface area contributed by atoms with Crippen LogP contribution in [0, 0.1) is 18.8 Å². The topological polar surface area (TPSA) is 92.3 Å². The molecule has 0 aromatic heterocycles. The lowest BCUT2D eigenvalue weighted by atomic mass is 10.1. The first-order chi connectivity index (χ1) is 21.0. The molecule has 1 unspecified atom stereocenters. The normalized spacial score (nSPS) is 12.6. The third kappa shape index (κ3) is 12.1. The molecule has 0 saturated carbocycles. The van der Waals surface area contributed by atoms with Gasteiger partial charge in [0.2, 0.25) is 6.35 Å². The van der Waals surface area contributed by atoms with Gasteiger partial charge in [-0.1, -0.05) is 63.6 Å². The van der Waals surface area contributed by atoms with E-state index in [1.54, 1.807) is 7.11 Å². The molecular formula is C36H51N3O5. The van der Waals surface area contributed by atoms with Crippen LogP contribution in [0.1, 0.15) is 57.7 Å². The number of nitrogens with zero attached hydrogens (tertiary/aromatic N) is 1. The van der Waals surface area contributed by atoms with Gasteiger partial charge in [0.15, 0.2) is 0 Å². The Bertz CT molecular complexity index is 1270. The van der Waals surface area contributed by atoms with Gasteiger partial charge in [-0.15, -0.1) is 0 Å². The molecule has 0 saturated heterocycles. The summed E-state index contributed by atoms with van der Waals surface area (Å²) in [7, 11) is 1.64. The average molecular weight is 606 g/mol. The summed E-state index contributed by atoms with van der Waals surface area (Å²) in [6.45, 7) is 15.2. The van der Waals surface area contributed by atoms with Crippen molar-refractivity contribution < 1.29 is 24.1 Å². The molecule has 3 aromatic carbocycles. The summed E-state index contributed by atoms with van der Waals surface area (Å²) in [5, 5.41) is 17.3. The summed E-state index contributed by atoms with van der Waals surface area (Å²) >= 11 is 0. The second-order valence-electron chi connectivity index (χ2n) is 12.3. The largest absolute Gasteiger partial charge is 0.497 e. The number of methoxy groups -OCH3 is 1. The van der Waals surface area contributed by atoms with Crippen molar-refractivity contribution in [1.29, 1.82) is 0 Å². The molecule has 3 N–H and O–H groups in total. The number of anilines is 3. The van der Waals surface area contributed by atoms with Crippen molar-refractivity contribution in [3.05, 3.63) is 83.4 Å². The number of rotatable bonds is 18. The third-order valence-corrected chi connectivity index (χ3v) is 7.01. The predicted molar refractivity (Wildman–Crippen MR) is 179 cm³/mol. The highest BCUT2D eigenvalue weighted by molar-refractivity contribution is 5.73. The van der Waals surface area contributed by atoms with Crippen LogP contribution in [0.5, 0.6) is 5.75 Å². The van der Waals surface area contributed by atoms with E-state index in [0.29, 0.717) is 24.9 Å². The van der Waals surface area contributed by atoms with E-state index in [9.17, 15) is 9.90 Å². The van der Waals surface area contributed by atoms with Gasteiger partial charge in [-0.25, -0.2) is 0 Å². The summed E-state index contributed by atoms with van der Waals surface area (Å²) < 4.78 is 16.5. The SMILES string of the molecule is COc1ccc(CO[C@@H](C)COC(=O)CCc2ccc(N(CC(C)C)CC(C)C)c(NC(O)Nc3ccc(C)cc3)c2)cc1. The van der Waals surface area contributed by atoms with Gasteiger partial charge >= 0.3 is 5.97 Å².